The van der Waals surface area contributed by atoms with Crippen molar-refractivity contribution in [2.45, 2.75) is 0 Å². The van der Waals surface area contributed by atoms with Crippen LogP contribution < -0.4 is 75.4 Å². The minimum atomic E-state index is -1.75. The zero-order chi connectivity index (χ0) is 3.58. The van der Waals surface area contributed by atoms with Gasteiger partial charge in [0.25, 0.3) is 0 Å². The van der Waals surface area contributed by atoms with E-state index < -0.39 is 5.09 Å². The molecule has 0 fully saturated rings. The van der Waals surface area contributed by atoms with E-state index in [2.05, 4.69) is 0 Å². The van der Waals surface area contributed by atoms with Crippen LogP contribution in [0.15, 0.2) is 0 Å². The SMILES string of the molecule is O=[N+]([O-])[O-].[I-].[K+].[Mg+2]. The van der Waals surface area contributed by atoms with Crippen LogP contribution in [0.5, 0.6) is 0 Å². The van der Waals surface area contributed by atoms with Crippen LogP contribution in [0.3, 0.4) is 0 Å². The summed E-state index contributed by atoms with van der Waals surface area (Å²) in [6, 6.07) is 0. The van der Waals surface area contributed by atoms with Crippen LogP contribution in [0.1, 0.15) is 0 Å². The number of rotatable bonds is 0. The van der Waals surface area contributed by atoms with Crippen molar-refractivity contribution in [3.63, 3.8) is 0 Å². The normalized spacial score (nSPS) is 3.43. The third-order valence-corrected chi connectivity index (χ3v) is 0. The van der Waals surface area contributed by atoms with Crippen molar-refractivity contribution in [3.05, 3.63) is 15.3 Å². The van der Waals surface area contributed by atoms with E-state index in [0.29, 0.717) is 0 Å². The van der Waals surface area contributed by atoms with Crippen LogP contribution in [0.4, 0.5) is 0 Å². The molecule has 4 nitrogen and oxygen atoms in total. The summed E-state index contributed by atoms with van der Waals surface area (Å²) in [5.74, 6) is 0. The maximum absolute atomic E-state index is 8.25. The van der Waals surface area contributed by atoms with Gasteiger partial charge < -0.3 is 39.3 Å². The molecule has 0 aliphatic heterocycles. The van der Waals surface area contributed by atoms with Gasteiger partial charge in [-0.05, 0) is 0 Å². The van der Waals surface area contributed by atoms with E-state index in [9.17, 15) is 0 Å². The molecule has 32 valence electrons. The van der Waals surface area contributed by atoms with Crippen LogP contribution in [-0.2, 0) is 0 Å². The van der Waals surface area contributed by atoms with Gasteiger partial charge in [0, 0.05) is 0 Å². The molecule has 0 spiro atoms. The van der Waals surface area contributed by atoms with Crippen molar-refractivity contribution >= 4 is 23.1 Å². The Morgan fingerprint density at radius 2 is 1.29 bits per heavy atom. The fourth-order valence-electron chi connectivity index (χ4n) is 0. The van der Waals surface area contributed by atoms with Gasteiger partial charge in [-0.3, -0.25) is 0 Å². The molecule has 0 rings (SSSR count). The first-order chi connectivity index (χ1) is 1.73. The molecule has 0 heterocycles. The van der Waals surface area contributed by atoms with Crippen molar-refractivity contribution in [1.29, 1.82) is 0 Å². The summed E-state index contributed by atoms with van der Waals surface area (Å²) < 4.78 is 0. The quantitative estimate of drug-likeness (QED) is 0.186. The van der Waals surface area contributed by atoms with Crippen LogP contribution in [0.2, 0.25) is 0 Å². The average molecular weight is 252 g/mol. The van der Waals surface area contributed by atoms with Gasteiger partial charge in [0.1, 0.15) is 0 Å². The van der Waals surface area contributed by atoms with E-state index in [1.54, 1.807) is 0 Å². The fourth-order valence-corrected chi connectivity index (χ4v) is 0. The van der Waals surface area contributed by atoms with Crippen molar-refractivity contribution in [3.8, 4) is 0 Å². The van der Waals surface area contributed by atoms with Gasteiger partial charge in [-0.15, -0.1) is 0 Å². The van der Waals surface area contributed by atoms with Gasteiger partial charge in [-0.1, -0.05) is 0 Å². The Bertz CT molecular complexity index is 37.9. The first-order valence-corrected chi connectivity index (χ1v) is 0.548. The van der Waals surface area contributed by atoms with Crippen LogP contribution in [0.25, 0.3) is 0 Å². The maximum Gasteiger partial charge on any atom is 2.00 e. The van der Waals surface area contributed by atoms with Crippen molar-refractivity contribution in [2.75, 3.05) is 0 Å². The van der Waals surface area contributed by atoms with Crippen LogP contribution in [-0.4, -0.2) is 28.1 Å². The number of halogens is 1. The van der Waals surface area contributed by atoms with Gasteiger partial charge >= 0.3 is 74.4 Å². The average Bonchev–Trinajstić information content (AvgIpc) is 0.811. The molecule has 0 bridgehead atoms. The first kappa shape index (κ1) is 22.8. The molecule has 0 saturated carbocycles. The molecule has 0 aliphatic carbocycles. The molecule has 0 saturated heterocycles. The topological polar surface area (TPSA) is 66.2 Å². The summed E-state index contributed by atoms with van der Waals surface area (Å²) >= 11 is 0. The van der Waals surface area contributed by atoms with Gasteiger partial charge in [-0.2, -0.15) is 0 Å². The molecule has 7 heteroatoms. The minimum Gasteiger partial charge on any atom is -1.00 e. The molecular weight excluding hydrogens is 252 g/mol. The monoisotopic (exact) mass is 252 g/mol. The smallest absolute Gasteiger partial charge is 1.00 e. The number of hydrogen-bond donors (Lipinski definition) is 0. The summed E-state index contributed by atoms with van der Waals surface area (Å²) in [7, 11) is 0. The third kappa shape index (κ3) is 61.4. The Labute approximate surface area is 116 Å². The molecule has 0 aromatic carbocycles. The molecule has 0 amide bonds. The molecular formula is IKMgNO3+. The molecule has 0 atom stereocenters. The second kappa shape index (κ2) is 15.8. The molecule has 0 unspecified atom stereocenters. The summed E-state index contributed by atoms with van der Waals surface area (Å²) in [5, 5.41) is 14.8. The standard InChI is InChI=1S/HI.K.Mg.NO3/c;;;2-1(3)4/h1H;;;/q;+1;+2;-1/p-1. The van der Waals surface area contributed by atoms with Crippen molar-refractivity contribution in [1.82, 2.24) is 0 Å². The Morgan fingerprint density at radius 3 is 1.29 bits per heavy atom. The Hall–Kier alpha value is 2.33. The summed E-state index contributed by atoms with van der Waals surface area (Å²) in [4.78, 5) is 8.25. The maximum atomic E-state index is 8.25. The van der Waals surface area contributed by atoms with Gasteiger partial charge in [-0.25, -0.2) is 0 Å². The molecule has 0 aromatic heterocycles. The minimum absolute atomic E-state index is 0. The Kier molecular flexibility index (Phi) is 51.3. The van der Waals surface area contributed by atoms with E-state index in [4.69, 9.17) is 15.3 Å². The molecule has 7 heavy (non-hydrogen) atoms. The van der Waals surface area contributed by atoms with E-state index >= 15 is 0 Å². The predicted octanol–water partition coefficient (Wildman–Crippen LogP) is -6.61. The second-order valence-corrected chi connectivity index (χ2v) is 0.224. The third-order valence-electron chi connectivity index (χ3n) is 0. The van der Waals surface area contributed by atoms with E-state index in [1.165, 1.54) is 0 Å². The van der Waals surface area contributed by atoms with Crippen molar-refractivity contribution < 1.29 is 80.4 Å². The fraction of sp³-hybridized carbons (Fsp3) is 0. The second-order valence-electron chi connectivity index (χ2n) is 0.224. The Balaban J connectivity index is -0.0000000150. The van der Waals surface area contributed by atoms with Gasteiger partial charge in [0.2, 0.25) is 0 Å². The van der Waals surface area contributed by atoms with E-state index in [0.717, 1.165) is 0 Å². The summed E-state index contributed by atoms with van der Waals surface area (Å²) in [5.41, 5.74) is 0. The van der Waals surface area contributed by atoms with E-state index in [1.807, 2.05) is 0 Å². The zero-order valence-electron chi connectivity index (χ0n) is 3.76. The molecule has 0 radical (unpaired) electrons. The first-order valence-electron chi connectivity index (χ1n) is 0.548. The van der Waals surface area contributed by atoms with Crippen molar-refractivity contribution in [2.24, 2.45) is 0 Å². The number of hydrogen-bond acceptors (Lipinski definition) is 3. The van der Waals surface area contributed by atoms with Gasteiger partial charge in [0.05, 0.1) is 5.09 Å². The Morgan fingerprint density at radius 1 is 1.29 bits per heavy atom. The largest absolute Gasteiger partial charge is 2.00 e. The zero-order valence-corrected chi connectivity index (χ0v) is 10.5. The molecule has 0 aliphatic rings. The molecule has 0 aromatic rings. The number of nitrogens with zero attached hydrogens (tertiary/aromatic N) is 1. The summed E-state index contributed by atoms with van der Waals surface area (Å²) in [6.07, 6.45) is 0. The molecule has 0 N–H and O–H groups in total. The van der Waals surface area contributed by atoms with Gasteiger partial charge in [0.15, 0.2) is 0 Å². The van der Waals surface area contributed by atoms with E-state index in [-0.39, 0.29) is 98.4 Å². The van der Waals surface area contributed by atoms with Crippen LogP contribution >= 0.6 is 0 Å². The van der Waals surface area contributed by atoms with Crippen LogP contribution in [0, 0.1) is 15.3 Å². The summed E-state index contributed by atoms with van der Waals surface area (Å²) in [6.45, 7) is 0. The predicted molar refractivity (Wildman–Crippen MR) is 16.1 cm³/mol.